The molecule has 0 amide bonds. The summed E-state index contributed by atoms with van der Waals surface area (Å²) in [6.07, 6.45) is 2.97. The monoisotopic (exact) mass is 97.1 g/mol. The maximum atomic E-state index is 2.48. The van der Waals surface area contributed by atoms with Gasteiger partial charge in [-0.15, -0.1) is 0 Å². The highest BCUT2D eigenvalue weighted by Gasteiger charge is 2.44. The topological polar surface area (TPSA) is 3.24 Å². The van der Waals surface area contributed by atoms with Gasteiger partial charge in [0.05, 0.1) is 0 Å². The Morgan fingerprint density at radius 2 is 2.43 bits per heavy atom. The first kappa shape index (κ1) is 3.90. The van der Waals surface area contributed by atoms with E-state index in [1.807, 2.05) is 0 Å². The zero-order chi connectivity index (χ0) is 4.85. The van der Waals surface area contributed by atoms with Crippen LogP contribution in [0.5, 0.6) is 0 Å². The van der Waals surface area contributed by atoms with Gasteiger partial charge in [0.1, 0.15) is 0 Å². The lowest BCUT2D eigenvalue weighted by Crippen LogP contribution is -2.16. The fourth-order valence-electron chi connectivity index (χ4n) is 1.62. The van der Waals surface area contributed by atoms with Crippen LogP contribution in [0.3, 0.4) is 0 Å². The van der Waals surface area contributed by atoms with Crippen LogP contribution in [0.25, 0.3) is 0 Å². The second-order valence-corrected chi connectivity index (χ2v) is 2.83. The van der Waals surface area contributed by atoms with Crippen LogP contribution in [-0.4, -0.2) is 24.5 Å². The van der Waals surface area contributed by atoms with E-state index in [1.54, 1.807) is 0 Å². The number of hydrogen-bond donors (Lipinski definition) is 0. The van der Waals surface area contributed by atoms with Crippen molar-refractivity contribution in [2.75, 3.05) is 13.6 Å². The maximum Gasteiger partial charge on any atom is 0.0125 e. The molecular formula is C6H11N. The van der Waals surface area contributed by atoms with Gasteiger partial charge in [0, 0.05) is 6.04 Å². The molecule has 0 radical (unpaired) electrons. The van der Waals surface area contributed by atoms with E-state index in [4.69, 9.17) is 0 Å². The Labute approximate surface area is 44.3 Å². The fourth-order valence-corrected chi connectivity index (χ4v) is 1.62. The van der Waals surface area contributed by atoms with Crippen molar-refractivity contribution >= 4 is 0 Å². The van der Waals surface area contributed by atoms with Gasteiger partial charge >= 0.3 is 0 Å². The van der Waals surface area contributed by atoms with E-state index < -0.39 is 0 Å². The third-order valence-corrected chi connectivity index (χ3v) is 2.30. The third kappa shape index (κ3) is 0.418. The van der Waals surface area contributed by atoms with Crippen LogP contribution in [0.4, 0.5) is 0 Å². The lowest BCUT2D eigenvalue weighted by atomic mass is 10.3. The zero-order valence-electron chi connectivity index (χ0n) is 4.72. The quantitative estimate of drug-likeness (QED) is 0.430. The molecule has 0 aromatic heterocycles. The number of hydrogen-bond acceptors (Lipinski definition) is 1. The standard InChI is InChI=1S/C6H11N/c1-7-3-2-5-4-6(5)7/h5-6H,2-4H2,1H3/t5-,6+/m1/s1. The van der Waals surface area contributed by atoms with Crippen LogP contribution < -0.4 is 0 Å². The molecule has 0 unspecified atom stereocenters. The Hall–Kier alpha value is -0.0400. The van der Waals surface area contributed by atoms with Gasteiger partial charge in [-0.1, -0.05) is 0 Å². The number of rotatable bonds is 0. The first-order chi connectivity index (χ1) is 3.38. The highest BCUT2D eigenvalue weighted by atomic mass is 15.2. The van der Waals surface area contributed by atoms with Crippen molar-refractivity contribution in [2.24, 2.45) is 5.92 Å². The summed E-state index contributed by atoms with van der Waals surface area (Å²) in [5, 5.41) is 0. The van der Waals surface area contributed by atoms with Gasteiger partial charge in [-0.3, -0.25) is 0 Å². The van der Waals surface area contributed by atoms with Crippen LogP contribution in [-0.2, 0) is 0 Å². The molecule has 1 aliphatic heterocycles. The number of piperidine rings is 1. The molecule has 0 bridgehead atoms. The first-order valence-corrected chi connectivity index (χ1v) is 3.08. The van der Waals surface area contributed by atoms with Gasteiger partial charge in [0.2, 0.25) is 0 Å². The zero-order valence-corrected chi connectivity index (χ0v) is 4.72. The van der Waals surface area contributed by atoms with Crippen LogP contribution in [0.2, 0.25) is 0 Å². The van der Waals surface area contributed by atoms with E-state index >= 15 is 0 Å². The summed E-state index contributed by atoms with van der Waals surface area (Å²) in [5.74, 6) is 1.12. The maximum absolute atomic E-state index is 2.48. The summed E-state index contributed by atoms with van der Waals surface area (Å²) in [4.78, 5) is 2.48. The Morgan fingerprint density at radius 1 is 1.57 bits per heavy atom. The SMILES string of the molecule is CN1CC[C@@H]2C[C@@H]21. The van der Waals surface area contributed by atoms with E-state index in [-0.39, 0.29) is 0 Å². The Morgan fingerprint density at radius 3 is 2.57 bits per heavy atom. The van der Waals surface area contributed by atoms with Crippen LogP contribution in [0, 0.1) is 5.92 Å². The lowest BCUT2D eigenvalue weighted by Gasteiger charge is -2.06. The van der Waals surface area contributed by atoms with Crippen molar-refractivity contribution in [1.82, 2.24) is 4.90 Å². The number of nitrogens with zero attached hydrogens (tertiary/aromatic N) is 1. The number of fused-ring (bicyclic) bond motifs is 1. The van der Waals surface area contributed by atoms with Crippen LogP contribution >= 0.6 is 0 Å². The van der Waals surface area contributed by atoms with Crippen molar-refractivity contribution in [1.29, 1.82) is 0 Å². The third-order valence-electron chi connectivity index (χ3n) is 2.30. The molecule has 0 spiro atoms. The molecule has 7 heavy (non-hydrogen) atoms. The second kappa shape index (κ2) is 1.03. The molecule has 0 aromatic rings. The Bertz CT molecular complexity index is 90.2. The summed E-state index contributed by atoms with van der Waals surface area (Å²) in [7, 11) is 2.23. The van der Waals surface area contributed by atoms with Crippen molar-refractivity contribution < 1.29 is 0 Å². The average Bonchev–Trinajstić information content (AvgIpc) is 2.33. The van der Waals surface area contributed by atoms with Gasteiger partial charge in [-0.05, 0) is 32.4 Å². The number of likely N-dealkylation sites (tertiary alicyclic amines) is 1. The molecule has 1 aliphatic carbocycles. The van der Waals surface area contributed by atoms with Crippen molar-refractivity contribution in [2.45, 2.75) is 18.9 Å². The first-order valence-electron chi connectivity index (χ1n) is 3.08. The van der Waals surface area contributed by atoms with Gasteiger partial charge in [-0.2, -0.15) is 0 Å². The molecule has 1 heterocycles. The summed E-state index contributed by atoms with van der Waals surface area (Å²) < 4.78 is 0. The molecule has 2 aliphatic rings. The smallest absolute Gasteiger partial charge is 0.0125 e. The summed E-state index contributed by atoms with van der Waals surface area (Å²) in [6.45, 7) is 1.36. The average molecular weight is 97.2 g/mol. The van der Waals surface area contributed by atoms with Crippen LogP contribution in [0.1, 0.15) is 12.8 Å². The van der Waals surface area contributed by atoms with Crippen molar-refractivity contribution in [3.63, 3.8) is 0 Å². The van der Waals surface area contributed by atoms with Gasteiger partial charge < -0.3 is 4.90 Å². The van der Waals surface area contributed by atoms with Crippen molar-refractivity contribution in [3.8, 4) is 0 Å². The fraction of sp³-hybridized carbons (Fsp3) is 1.00. The van der Waals surface area contributed by atoms with E-state index in [9.17, 15) is 0 Å². The molecule has 0 aromatic carbocycles. The molecule has 1 saturated heterocycles. The molecule has 2 atom stereocenters. The van der Waals surface area contributed by atoms with Gasteiger partial charge in [-0.25, -0.2) is 0 Å². The molecule has 2 rings (SSSR count). The summed E-state index contributed by atoms with van der Waals surface area (Å²) in [5.41, 5.74) is 0. The van der Waals surface area contributed by atoms with Gasteiger partial charge in [0.15, 0.2) is 0 Å². The van der Waals surface area contributed by atoms with E-state index in [2.05, 4.69) is 11.9 Å². The molecule has 1 saturated carbocycles. The minimum atomic E-state index is 1.01. The van der Waals surface area contributed by atoms with E-state index in [1.165, 1.54) is 19.4 Å². The minimum absolute atomic E-state index is 1.01. The highest BCUT2D eigenvalue weighted by molar-refractivity contribution is 4.99. The highest BCUT2D eigenvalue weighted by Crippen LogP contribution is 2.42. The molecule has 1 heteroatoms. The normalized spacial score (nSPS) is 49.3. The second-order valence-electron chi connectivity index (χ2n) is 2.83. The minimum Gasteiger partial charge on any atom is -0.303 e. The Kier molecular flexibility index (Phi) is 0.571. The van der Waals surface area contributed by atoms with Gasteiger partial charge in [0.25, 0.3) is 0 Å². The molecule has 2 fully saturated rings. The lowest BCUT2D eigenvalue weighted by molar-refractivity contribution is 0.369. The predicted octanol–water partition coefficient (Wildman–Crippen LogP) is 0.710. The molecule has 40 valence electrons. The summed E-state index contributed by atoms with van der Waals surface area (Å²) >= 11 is 0. The summed E-state index contributed by atoms with van der Waals surface area (Å²) in [6, 6.07) is 1.01. The molecular weight excluding hydrogens is 86.1 g/mol. The largest absolute Gasteiger partial charge is 0.303 e. The predicted molar refractivity (Wildman–Crippen MR) is 29.1 cm³/mol. The van der Waals surface area contributed by atoms with E-state index in [0.717, 1.165) is 12.0 Å². The molecule has 0 N–H and O–H groups in total. The molecule has 1 nitrogen and oxygen atoms in total. The van der Waals surface area contributed by atoms with Crippen molar-refractivity contribution in [3.05, 3.63) is 0 Å². The van der Waals surface area contributed by atoms with Crippen LogP contribution in [0.15, 0.2) is 0 Å². The van der Waals surface area contributed by atoms with E-state index in [0.29, 0.717) is 0 Å². The Balaban J connectivity index is 2.08.